The molecule has 1 atom stereocenters. The summed E-state index contributed by atoms with van der Waals surface area (Å²) in [5.74, 6) is -2.19. The molecule has 2 aliphatic heterocycles. The highest BCUT2D eigenvalue weighted by Gasteiger charge is 2.44. The van der Waals surface area contributed by atoms with Crippen LogP contribution in [-0.4, -0.2) is 82.9 Å². The predicted molar refractivity (Wildman–Crippen MR) is 103 cm³/mol. The van der Waals surface area contributed by atoms with Gasteiger partial charge in [-0.1, -0.05) is 0 Å². The first-order valence-corrected chi connectivity index (χ1v) is 9.85. The van der Waals surface area contributed by atoms with Crippen LogP contribution in [0.2, 0.25) is 0 Å². The summed E-state index contributed by atoms with van der Waals surface area (Å²) in [7, 11) is 1.72. The average molecular weight is 454 g/mol. The molecule has 1 unspecified atom stereocenters. The highest BCUT2D eigenvalue weighted by Crippen LogP contribution is 2.27. The fraction of sp³-hybridized carbons (Fsp3) is 0.450. The van der Waals surface area contributed by atoms with Crippen LogP contribution in [0.25, 0.3) is 0 Å². The molecule has 2 fully saturated rings. The van der Waals surface area contributed by atoms with E-state index in [1.165, 1.54) is 27.9 Å². The zero-order valence-corrected chi connectivity index (χ0v) is 17.2. The number of morpholine rings is 2. The molecular formula is C20H21F3N4O5. The van der Waals surface area contributed by atoms with Crippen molar-refractivity contribution in [2.75, 3.05) is 39.4 Å². The lowest BCUT2D eigenvalue weighted by molar-refractivity contribution is -0.282. The Hall–Kier alpha value is -3.12. The molecular weight excluding hydrogens is 433 g/mol. The molecule has 4 rings (SSSR count). The van der Waals surface area contributed by atoms with E-state index >= 15 is 0 Å². The molecule has 1 spiro atoms. The van der Waals surface area contributed by atoms with Crippen molar-refractivity contribution in [1.29, 1.82) is 0 Å². The molecule has 0 bridgehead atoms. The van der Waals surface area contributed by atoms with Crippen molar-refractivity contribution < 1.29 is 37.0 Å². The van der Waals surface area contributed by atoms with Gasteiger partial charge in [0, 0.05) is 31.9 Å². The monoisotopic (exact) mass is 454 g/mol. The van der Waals surface area contributed by atoms with E-state index in [1.54, 1.807) is 18.1 Å². The lowest BCUT2D eigenvalue weighted by Crippen LogP contribution is -2.63. The Bertz CT molecular complexity index is 990. The zero-order chi connectivity index (χ0) is 22.9. The molecule has 2 aromatic rings. The normalized spacial score (nSPS) is 21.6. The number of hydrogen-bond donors (Lipinski definition) is 0. The second-order valence-electron chi connectivity index (χ2n) is 7.54. The van der Waals surface area contributed by atoms with Crippen LogP contribution in [0, 0.1) is 0 Å². The fourth-order valence-corrected chi connectivity index (χ4v) is 3.74. The molecule has 12 heteroatoms. The van der Waals surface area contributed by atoms with Gasteiger partial charge in [-0.15, -0.1) is 13.2 Å². The minimum Gasteiger partial charge on any atom is -0.406 e. The maximum absolute atomic E-state index is 12.9. The summed E-state index contributed by atoms with van der Waals surface area (Å²) in [4.78, 5) is 28.8. The van der Waals surface area contributed by atoms with Gasteiger partial charge in [0.05, 0.1) is 38.1 Å². The molecule has 2 saturated heterocycles. The lowest BCUT2D eigenvalue weighted by atomic mass is 10.1. The second-order valence-corrected chi connectivity index (χ2v) is 7.54. The molecule has 1 aromatic carbocycles. The Labute approximate surface area is 181 Å². The highest BCUT2D eigenvalue weighted by atomic mass is 19.4. The number of carbonyl (C=O) groups is 2. The number of alkyl halides is 3. The number of ether oxygens (including phenoxy) is 3. The molecule has 3 heterocycles. The summed E-state index contributed by atoms with van der Waals surface area (Å²) >= 11 is 0. The van der Waals surface area contributed by atoms with Crippen molar-refractivity contribution in [3.05, 3.63) is 47.8 Å². The van der Waals surface area contributed by atoms with E-state index in [4.69, 9.17) is 9.47 Å². The van der Waals surface area contributed by atoms with Gasteiger partial charge in [-0.05, 0) is 24.3 Å². The highest BCUT2D eigenvalue weighted by molar-refractivity contribution is 5.95. The number of hydrogen-bond acceptors (Lipinski definition) is 6. The molecule has 2 amide bonds. The van der Waals surface area contributed by atoms with Crippen molar-refractivity contribution in [3.63, 3.8) is 0 Å². The summed E-state index contributed by atoms with van der Waals surface area (Å²) < 4.78 is 54.1. The number of halogens is 3. The Morgan fingerprint density at radius 2 is 1.56 bits per heavy atom. The maximum Gasteiger partial charge on any atom is 0.573 e. The zero-order valence-electron chi connectivity index (χ0n) is 17.2. The quantitative estimate of drug-likeness (QED) is 0.702. The van der Waals surface area contributed by atoms with Crippen LogP contribution in [0.4, 0.5) is 13.2 Å². The fourth-order valence-electron chi connectivity index (χ4n) is 3.74. The third kappa shape index (κ3) is 4.86. The van der Waals surface area contributed by atoms with Crippen LogP contribution in [0.5, 0.6) is 5.75 Å². The maximum atomic E-state index is 12.9. The van der Waals surface area contributed by atoms with Crippen LogP contribution >= 0.6 is 0 Å². The smallest absolute Gasteiger partial charge is 0.406 e. The molecule has 0 saturated carbocycles. The Balaban J connectivity index is 1.44. The van der Waals surface area contributed by atoms with Crippen molar-refractivity contribution in [2.24, 2.45) is 7.05 Å². The average Bonchev–Trinajstić information content (AvgIpc) is 3.18. The van der Waals surface area contributed by atoms with Gasteiger partial charge in [0.1, 0.15) is 5.75 Å². The summed E-state index contributed by atoms with van der Waals surface area (Å²) in [6.07, 6.45) is -1.71. The molecule has 1 aromatic heterocycles. The molecule has 9 nitrogen and oxygen atoms in total. The SMILES string of the molecule is Cn1cc(C(=O)N2CCOC3(CN(C(=O)c4ccc(OC(F)(F)F)cc4)CCO3)C2)cn1. The first kappa shape index (κ1) is 22.1. The van der Waals surface area contributed by atoms with Gasteiger partial charge in [-0.2, -0.15) is 5.10 Å². The van der Waals surface area contributed by atoms with Crippen LogP contribution in [0.15, 0.2) is 36.7 Å². The van der Waals surface area contributed by atoms with E-state index in [-0.39, 0.29) is 50.2 Å². The predicted octanol–water partition coefficient (Wildman–Crippen LogP) is 1.66. The summed E-state index contributed by atoms with van der Waals surface area (Å²) in [5.41, 5.74) is 0.644. The van der Waals surface area contributed by atoms with E-state index in [9.17, 15) is 22.8 Å². The Kier molecular flexibility index (Phi) is 5.82. The van der Waals surface area contributed by atoms with Crippen molar-refractivity contribution in [2.45, 2.75) is 12.1 Å². The van der Waals surface area contributed by atoms with Gasteiger partial charge < -0.3 is 24.0 Å². The van der Waals surface area contributed by atoms with E-state index < -0.39 is 17.9 Å². The Morgan fingerprint density at radius 1 is 1.00 bits per heavy atom. The van der Waals surface area contributed by atoms with Gasteiger partial charge in [-0.3, -0.25) is 14.3 Å². The van der Waals surface area contributed by atoms with Gasteiger partial charge in [0.2, 0.25) is 5.79 Å². The minimum absolute atomic E-state index is 0.0729. The number of nitrogens with zero attached hydrogens (tertiary/aromatic N) is 4. The third-order valence-electron chi connectivity index (χ3n) is 5.18. The first-order chi connectivity index (χ1) is 15.1. The second kappa shape index (κ2) is 8.43. The van der Waals surface area contributed by atoms with Crippen LogP contribution in [-0.2, 0) is 16.5 Å². The Morgan fingerprint density at radius 3 is 2.06 bits per heavy atom. The third-order valence-corrected chi connectivity index (χ3v) is 5.18. The standard InChI is InChI=1S/C20H21F3N4O5/c1-25-11-15(10-24-25)18(29)27-7-9-31-19(13-27)12-26(6-8-30-19)17(28)14-2-4-16(5-3-14)32-20(21,22)23/h2-5,10-11H,6-9,12-13H2,1H3. The summed E-state index contributed by atoms with van der Waals surface area (Å²) in [5, 5.41) is 4.01. The van der Waals surface area contributed by atoms with Crippen LogP contribution < -0.4 is 4.74 Å². The van der Waals surface area contributed by atoms with E-state index in [0.29, 0.717) is 12.1 Å². The van der Waals surface area contributed by atoms with Crippen LogP contribution in [0.3, 0.4) is 0 Å². The van der Waals surface area contributed by atoms with Crippen molar-refractivity contribution in [3.8, 4) is 5.75 Å². The minimum atomic E-state index is -4.81. The number of aromatic nitrogens is 2. The largest absolute Gasteiger partial charge is 0.573 e. The van der Waals surface area contributed by atoms with Gasteiger partial charge >= 0.3 is 6.36 Å². The summed E-state index contributed by atoms with van der Waals surface area (Å²) in [6.45, 7) is 1.27. The number of amides is 2. The van der Waals surface area contributed by atoms with Crippen LogP contribution in [0.1, 0.15) is 20.7 Å². The molecule has 0 aliphatic carbocycles. The molecule has 172 valence electrons. The molecule has 32 heavy (non-hydrogen) atoms. The molecule has 0 radical (unpaired) electrons. The van der Waals surface area contributed by atoms with E-state index in [2.05, 4.69) is 9.84 Å². The van der Waals surface area contributed by atoms with Gasteiger partial charge in [0.25, 0.3) is 11.8 Å². The van der Waals surface area contributed by atoms with Crippen molar-refractivity contribution in [1.82, 2.24) is 19.6 Å². The van der Waals surface area contributed by atoms with Crippen molar-refractivity contribution >= 4 is 11.8 Å². The molecule has 0 N–H and O–H groups in total. The molecule has 2 aliphatic rings. The lowest BCUT2D eigenvalue weighted by Gasteiger charge is -2.47. The topological polar surface area (TPSA) is 86.1 Å². The van der Waals surface area contributed by atoms with E-state index in [1.807, 2.05) is 0 Å². The first-order valence-electron chi connectivity index (χ1n) is 9.85. The van der Waals surface area contributed by atoms with E-state index in [0.717, 1.165) is 12.1 Å². The van der Waals surface area contributed by atoms with Gasteiger partial charge in [0.15, 0.2) is 0 Å². The van der Waals surface area contributed by atoms with Gasteiger partial charge in [-0.25, -0.2) is 0 Å². The number of rotatable bonds is 3. The summed E-state index contributed by atoms with van der Waals surface area (Å²) in [6, 6.07) is 4.71. The number of aryl methyl sites for hydroxylation is 1. The number of benzene rings is 1. The number of carbonyl (C=O) groups excluding carboxylic acids is 2.